The second-order valence-electron chi connectivity index (χ2n) is 9.30. The average molecular weight is 406 g/mol. The van der Waals surface area contributed by atoms with E-state index in [1.807, 2.05) is 30.3 Å². The number of amides is 3. The summed E-state index contributed by atoms with van der Waals surface area (Å²) in [4.78, 5) is 37.1. The Morgan fingerprint density at radius 3 is 2.23 bits per heavy atom. The third-order valence-corrected chi connectivity index (χ3v) is 7.01. The van der Waals surface area contributed by atoms with E-state index in [2.05, 4.69) is 10.6 Å². The van der Waals surface area contributed by atoms with Crippen molar-refractivity contribution in [3.05, 3.63) is 48.0 Å². The Kier molecular flexibility index (Phi) is 4.72. The maximum atomic E-state index is 12.4. The first-order valence-electron chi connectivity index (χ1n) is 10.8. The van der Waals surface area contributed by atoms with E-state index in [-0.39, 0.29) is 5.54 Å². The Balaban J connectivity index is 1.16. The highest BCUT2D eigenvalue weighted by Gasteiger charge is 2.51. The second-order valence-corrected chi connectivity index (χ2v) is 9.30. The lowest BCUT2D eigenvalue weighted by Gasteiger charge is -2.56. The summed E-state index contributed by atoms with van der Waals surface area (Å²) in [5, 5.41) is 7.11. The zero-order valence-corrected chi connectivity index (χ0v) is 16.9. The molecule has 0 radical (unpaired) electrons. The van der Waals surface area contributed by atoms with Crippen LogP contribution in [-0.2, 0) is 9.53 Å². The van der Waals surface area contributed by atoms with Gasteiger partial charge in [0.05, 0.1) is 5.56 Å². The lowest BCUT2D eigenvalue weighted by atomic mass is 9.53. The van der Waals surface area contributed by atoms with Crippen LogP contribution in [0.3, 0.4) is 0 Å². The van der Waals surface area contributed by atoms with Gasteiger partial charge in [0.25, 0.3) is 5.91 Å². The van der Waals surface area contributed by atoms with Crippen LogP contribution in [0.25, 0.3) is 10.8 Å². The van der Waals surface area contributed by atoms with E-state index in [0.29, 0.717) is 23.3 Å². The van der Waals surface area contributed by atoms with E-state index >= 15 is 0 Å². The van der Waals surface area contributed by atoms with E-state index in [4.69, 9.17) is 4.74 Å². The lowest BCUT2D eigenvalue weighted by Crippen LogP contribution is -2.62. The number of carbonyl (C=O) groups is 3. The Morgan fingerprint density at radius 2 is 1.53 bits per heavy atom. The third kappa shape index (κ3) is 3.66. The molecule has 0 atom stereocenters. The van der Waals surface area contributed by atoms with Crippen molar-refractivity contribution < 1.29 is 19.1 Å². The highest BCUT2D eigenvalue weighted by molar-refractivity contribution is 6.05. The van der Waals surface area contributed by atoms with Gasteiger partial charge >= 0.3 is 12.0 Å². The van der Waals surface area contributed by atoms with E-state index in [1.165, 1.54) is 19.3 Å². The van der Waals surface area contributed by atoms with Gasteiger partial charge in [0, 0.05) is 5.54 Å². The molecule has 2 aromatic carbocycles. The number of ether oxygens (including phenoxy) is 1. The summed E-state index contributed by atoms with van der Waals surface area (Å²) < 4.78 is 5.16. The predicted molar refractivity (Wildman–Crippen MR) is 112 cm³/mol. The minimum atomic E-state index is -0.620. The number of rotatable bonds is 4. The van der Waals surface area contributed by atoms with Gasteiger partial charge in [0.2, 0.25) is 0 Å². The van der Waals surface area contributed by atoms with Gasteiger partial charge in [-0.1, -0.05) is 36.4 Å². The molecule has 0 aromatic heterocycles. The van der Waals surface area contributed by atoms with Gasteiger partial charge in [-0.15, -0.1) is 0 Å². The number of urea groups is 1. The molecule has 0 unspecified atom stereocenters. The van der Waals surface area contributed by atoms with Crippen LogP contribution in [-0.4, -0.2) is 30.1 Å². The van der Waals surface area contributed by atoms with Crippen molar-refractivity contribution in [2.45, 2.75) is 44.1 Å². The molecule has 6 rings (SSSR count). The highest BCUT2D eigenvalue weighted by Crippen LogP contribution is 2.55. The number of carbonyl (C=O) groups excluding carboxylic acids is 3. The molecule has 4 bridgehead atoms. The largest absolute Gasteiger partial charge is 0.452 e. The standard InChI is InChI=1S/C24H26N2O4/c27-21(14-30-22(28)20-7-3-5-18-4-1-2-6-19(18)20)25-23(29)26-24-11-15-8-16(12-24)10-17(9-15)13-24/h1-7,15-17H,8-14H2,(H2,25,26,27,29). The van der Waals surface area contributed by atoms with Crippen LogP contribution in [0.5, 0.6) is 0 Å². The van der Waals surface area contributed by atoms with Crippen LogP contribution in [0.15, 0.2) is 42.5 Å². The summed E-state index contributed by atoms with van der Waals surface area (Å²) >= 11 is 0. The minimum Gasteiger partial charge on any atom is -0.452 e. The first-order chi connectivity index (χ1) is 14.5. The quantitative estimate of drug-likeness (QED) is 0.757. The molecule has 0 spiro atoms. The number of benzene rings is 2. The van der Waals surface area contributed by atoms with Crippen LogP contribution in [0.4, 0.5) is 4.79 Å². The summed E-state index contributed by atoms with van der Waals surface area (Å²) in [5.41, 5.74) is 0.234. The summed E-state index contributed by atoms with van der Waals surface area (Å²) in [5.74, 6) is 0.908. The molecule has 156 valence electrons. The maximum absolute atomic E-state index is 12.4. The molecule has 4 fully saturated rings. The molecule has 0 heterocycles. The molecule has 4 aliphatic carbocycles. The Labute approximate surface area is 175 Å². The Bertz CT molecular complexity index is 975. The van der Waals surface area contributed by atoms with E-state index < -0.39 is 24.5 Å². The van der Waals surface area contributed by atoms with E-state index in [0.717, 1.165) is 30.0 Å². The molecule has 4 aliphatic rings. The summed E-state index contributed by atoms with van der Waals surface area (Å²) in [6.45, 7) is -0.490. The maximum Gasteiger partial charge on any atom is 0.339 e. The van der Waals surface area contributed by atoms with Crippen molar-refractivity contribution in [1.82, 2.24) is 10.6 Å². The van der Waals surface area contributed by atoms with Crippen LogP contribution >= 0.6 is 0 Å². The van der Waals surface area contributed by atoms with Crippen molar-refractivity contribution in [2.75, 3.05) is 6.61 Å². The van der Waals surface area contributed by atoms with Gasteiger partial charge in [-0.25, -0.2) is 9.59 Å². The molecule has 0 saturated heterocycles. The molecule has 0 aliphatic heterocycles. The molecule has 30 heavy (non-hydrogen) atoms. The fraction of sp³-hybridized carbons (Fsp3) is 0.458. The van der Waals surface area contributed by atoms with Crippen molar-refractivity contribution in [2.24, 2.45) is 17.8 Å². The monoisotopic (exact) mass is 406 g/mol. The molecular formula is C24H26N2O4. The summed E-state index contributed by atoms with van der Waals surface area (Å²) in [6.07, 6.45) is 6.88. The van der Waals surface area contributed by atoms with Crippen LogP contribution in [0, 0.1) is 17.8 Å². The fourth-order valence-corrected chi connectivity index (χ4v) is 6.31. The smallest absolute Gasteiger partial charge is 0.339 e. The Hall–Kier alpha value is -2.89. The SMILES string of the molecule is O=C(COC(=O)c1cccc2ccccc12)NC(=O)NC12CC3CC(CC(C3)C1)C2. The highest BCUT2D eigenvalue weighted by atomic mass is 16.5. The number of esters is 1. The molecule has 6 heteroatoms. The van der Waals surface area contributed by atoms with Crippen LogP contribution in [0.2, 0.25) is 0 Å². The molecule has 4 saturated carbocycles. The number of hydrogen-bond donors (Lipinski definition) is 2. The molecule has 6 nitrogen and oxygen atoms in total. The Morgan fingerprint density at radius 1 is 0.900 bits per heavy atom. The molecule has 3 amide bonds. The van der Waals surface area contributed by atoms with Gasteiger partial charge in [0.1, 0.15) is 0 Å². The predicted octanol–water partition coefficient (Wildman–Crippen LogP) is 3.79. The summed E-state index contributed by atoms with van der Waals surface area (Å²) in [7, 11) is 0. The first-order valence-corrected chi connectivity index (χ1v) is 10.8. The van der Waals surface area contributed by atoms with Gasteiger partial charge in [-0.2, -0.15) is 0 Å². The summed E-state index contributed by atoms with van der Waals surface area (Å²) in [6, 6.07) is 12.4. The van der Waals surface area contributed by atoms with Crippen molar-refractivity contribution in [1.29, 1.82) is 0 Å². The van der Waals surface area contributed by atoms with Crippen LogP contribution in [0.1, 0.15) is 48.9 Å². The topological polar surface area (TPSA) is 84.5 Å². The molecule has 2 N–H and O–H groups in total. The number of fused-ring (bicyclic) bond motifs is 1. The number of nitrogens with one attached hydrogen (secondary N) is 2. The van der Waals surface area contributed by atoms with Crippen molar-refractivity contribution in [3.63, 3.8) is 0 Å². The van der Waals surface area contributed by atoms with E-state index in [9.17, 15) is 14.4 Å². The van der Waals surface area contributed by atoms with Gasteiger partial charge in [-0.3, -0.25) is 10.1 Å². The lowest BCUT2D eigenvalue weighted by molar-refractivity contribution is -0.123. The van der Waals surface area contributed by atoms with Crippen molar-refractivity contribution >= 4 is 28.7 Å². The van der Waals surface area contributed by atoms with Crippen molar-refractivity contribution in [3.8, 4) is 0 Å². The van der Waals surface area contributed by atoms with E-state index in [1.54, 1.807) is 12.1 Å². The normalized spacial score (nSPS) is 28.9. The van der Waals surface area contributed by atoms with Crippen LogP contribution < -0.4 is 10.6 Å². The first kappa shape index (κ1) is 19.1. The van der Waals surface area contributed by atoms with Gasteiger partial charge in [0.15, 0.2) is 6.61 Å². The molecule has 2 aromatic rings. The zero-order chi connectivity index (χ0) is 20.7. The molecular weight excluding hydrogens is 380 g/mol. The number of imide groups is 1. The average Bonchev–Trinajstić information content (AvgIpc) is 2.70. The third-order valence-electron chi connectivity index (χ3n) is 7.01. The zero-order valence-electron chi connectivity index (χ0n) is 16.9. The minimum absolute atomic E-state index is 0.168. The van der Waals surface area contributed by atoms with Gasteiger partial charge in [-0.05, 0) is 73.1 Å². The number of hydrogen-bond acceptors (Lipinski definition) is 4. The van der Waals surface area contributed by atoms with Gasteiger partial charge < -0.3 is 10.1 Å². The fourth-order valence-electron chi connectivity index (χ4n) is 6.31. The second kappa shape index (κ2) is 7.42.